The highest BCUT2D eigenvalue weighted by molar-refractivity contribution is 5.73. The Hall–Kier alpha value is -1.84. The van der Waals surface area contributed by atoms with E-state index in [1.54, 1.807) is 0 Å². The van der Waals surface area contributed by atoms with Crippen LogP contribution in [0.3, 0.4) is 0 Å². The van der Waals surface area contributed by atoms with Crippen molar-refractivity contribution in [3.05, 3.63) is 35.4 Å². The van der Waals surface area contributed by atoms with Crippen LogP contribution in [-0.4, -0.2) is 21.8 Å². The number of nitrogens with zero attached hydrogens (tertiary/aromatic N) is 4. The van der Waals surface area contributed by atoms with Gasteiger partial charge in [0.1, 0.15) is 11.4 Å². The zero-order valence-corrected chi connectivity index (χ0v) is 12.5. The van der Waals surface area contributed by atoms with Crippen LogP contribution in [-0.2, 0) is 5.54 Å². The van der Waals surface area contributed by atoms with Crippen LogP contribution < -0.4 is 4.90 Å². The van der Waals surface area contributed by atoms with Crippen LogP contribution in [0.1, 0.15) is 49.8 Å². The molecule has 1 aromatic carbocycles. The van der Waals surface area contributed by atoms with Gasteiger partial charge in [-0.15, -0.1) is 0 Å². The first-order valence-corrected chi connectivity index (χ1v) is 7.36. The SMILES string of the molecule is Cc1nc2n(n1)-c1cccc(C(C)C)c1N(C)C21CC1. The number of benzene rings is 1. The fourth-order valence-electron chi connectivity index (χ4n) is 3.48. The van der Waals surface area contributed by atoms with Gasteiger partial charge in [0.25, 0.3) is 0 Å². The second-order valence-corrected chi connectivity index (χ2v) is 6.35. The van der Waals surface area contributed by atoms with E-state index < -0.39 is 0 Å². The molecule has 104 valence electrons. The molecule has 1 saturated carbocycles. The maximum Gasteiger partial charge on any atom is 0.158 e. The molecule has 1 aliphatic carbocycles. The third kappa shape index (κ3) is 1.31. The smallest absolute Gasteiger partial charge is 0.158 e. The van der Waals surface area contributed by atoms with Gasteiger partial charge in [-0.1, -0.05) is 26.0 Å². The monoisotopic (exact) mass is 268 g/mol. The molecule has 0 atom stereocenters. The van der Waals surface area contributed by atoms with Gasteiger partial charge in [0.05, 0.1) is 11.4 Å². The van der Waals surface area contributed by atoms with E-state index in [2.05, 4.69) is 53.8 Å². The van der Waals surface area contributed by atoms with Crippen LogP contribution in [0.4, 0.5) is 5.69 Å². The highest BCUT2D eigenvalue weighted by atomic mass is 15.4. The van der Waals surface area contributed by atoms with E-state index in [1.807, 2.05) is 6.92 Å². The lowest BCUT2D eigenvalue weighted by Crippen LogP contribution is -2.39. The van der Waals surface area contributed by atoms with Gasteiger partial charge in [0.2, 0.25) is 0 Å². The average molecular weight is 268 g/mol. The molecular formula is C16H20N4. The van der Waals surface area contributed by atoms with Gasteiger partial charge >= 0.3 is 0 Å². The van der Waals surface area contributed by atoms with E-state index in [4.69, 9.17) is 4.98 Å². The summed E-state index contributed by atoms with van der Waals surface area (Å²) in [5, 5.41) is 4.64. The van der Waals surface area contributed by atoms with Gasteiger partial charge in [0, 0.05) is 7.05 Å². The molecule has 0 unspecified atom stereocenters. The third-order valence-corrected chi connectivity index (χ3v) is 4.73. The molecule has 2 heterocycles. The van der Waals surface area contributed by atoms with Crippen LogP contribution in [0.15, 0.2) is 18.2 Å². The summed E-state index contributed by atoms with van der Waals surface area (Å²) in [5.74, 6) is 2.49. The van der Waals surface area contributed by atoms with Gasteiger partial charge in [-0.2, -0.15) is 5.10 Å². The minimum absolute atomic E-state index is 0.0826. The maximum absolute atomic E-state index is 4.70. The number of aryl methyl sites for hydroxylation is 1. The lowest BCUT2D eigenvalue weighted by atomic mass is 9.96. The molecular weight excluding hydrogens is 248 g/mol. The highest BCUT2D eigenvalue weighted by Crippen LogP contribution is 2.56. The van der Waals surface area contributed by atoms with Crippen molar-refractivity contribution in [3.63, 3.8) is 0 Å². The molecule has 20 heavy (non-hydrogen) atoms. The van der Waals surface area contributed by atoms with E-state index in [9.17, 15) is 0 Å². The molecule has 2 aliphatic rings. The van der Waals surface area contributed by atoms with Crippen LogP contribution in [0.2, 0.25) is 0 Å². The van der Waals surface area contributed by atoms with Crippen molar-refractivity contribution < 1.29 is 0 Å². The topological polar surface area (TPSA) is 34.0 Å². The second kappa shape index (κ2) is 3.62. The first-order valence-electron chi connectivity index (χ1n) is 7.36. The summed E-state index contributed by atoms with van der Waals surface area (Å²) >= 11 is 0. The molecule has 1 aromatic heterocycles. The fourth-order valence-corrected chi connectivity index (χ4v) is 3.48. The Morgan fingerprint density at radius 1 is 1.25 bits per heavy atom. The van der Waals surface area contributed by atoms with Crippen molar-refractivity contribution in [3.8, 4) is 5.69 Å². The van der Waals surface area contributed by atoms with E-state index >= 15 is 0 Å². The Balaban J connectivity index is 2.05. The van der Waals surface area contributed by atoms with E-state index in [0.717, 1.165) is 11.6 Å². The lowest BCUT2D eigenvalue weighted by Gasteiger charge is -2.37. The van der Waals surface area contributed by atoms with Crippen LogP contribution in [0.25, 0.3) is 5.69 Å². The van der Waals surface area contributed by atoms with Gasteiger partial charge < -0.3 is 4.90 Å². The molecule has 4 rings (SSSR count). The molecule has 0 saturated heterocycles. The Morgan fingerprint density at radius 3 is 2.65 bits per heavy atom. The number of hydrogen-bond donors (Lipinski definition) is 0. The molecule has 4 heteroatoms. The average Bonchev–Trinajstić information content (AvgIpc) is 3.12. The van der Waals surface area contributed by atoms with Crippen molar-refractivity contribution in [2.75, 3.05) is 11.9 Å². The van der Waals surface area contributed by atoms with E-state index in [-0.39, 0.29) is 5.54 Å². The second-order valence-electron chi connectivity index (χ2n) is 6.35. The minimum Gasteiger partial charge on any atom is -0.360 e. The number of rotatable bonds is 1. The van der Waals surface area contributed by atoms with Gasteiger partial charge in [-0.05, 0) is 37.3 Å². The van der Waals surface area contributed by atoms with Crippen molar-refractivity contribution in [1.82, 2.24) is 14.8 Å². The van der Waals surface area contributed by atoms with Crippen LogP contribution >= 0.6 is 0 Å². The van der Waals surface area contributed by atoms with Gasteiger partial charge in [-0.25, -0.2) is 9.67 Å². The third-order valence-electron chi connectivity index (χ3n) is 4.73. The number of fused-ring (bicyclic) bond motifs is 4. The molecule has 1 aliphatic heterocycles. The Kier molecular flexibility index (Phi) is 2.16. The summed E-state index contributed by atoms with van der Waals surface area (Å²) < 4.78 is 2.07. The van der Waals surface area contributed by atoms with E-state index in [0.29, 0.717) is 5.92 Å². The van der Waals surface area contributed by atoms with Crippen molar-refractivity contribution in [2.45, 2.75) is 45.1 Å². The number of aromatic nitrogens is 3. The first kappa shape index (κ1) is 11.9. The summed E-state index contributed by atoms with van der Waals surface area (Å²) in [6, 6.07) is 6.53. The molecule has 0 bridgehead atoms. The van der Waals surface area contributed by atoms with E-state index in [1.165, 1.54) is 29.8 Å². The predicted molar refractivity (Wildman–Crippen MR) is 79.5 cm³/mol. The normalized spacial score (nSPS) is 18.4. The zero-order chi connectivity index (χ0) is 14.1. The Morgan fingerprint density at radius 2 is 2.00 bits per heavy atom. The maximum atomic E-state index is 4.70. The lowest BCUT2D eigenvalue weighted by molar-refractivity contribution is 0.567. The Bertz CT molecular complexity index is 694. The number of para-hydroxylation sites is 1. The molecule has 0 radical (unpaired) electrons. The Labute approximate surface area is 119 Å². The summed E-state index contributed by atoms with van der Waals surface area (Å²) in [7, 11) is 2.21. The molecule has 1 fully saturated rings. The largest absolute Gasteiger partial charge is 0.360 e. The molecule has 4 nitrogen and oxygen atoms in total. The summed E-state index contributed by atoms with van der Waals surface area (Å²) in [6.45, 7) is 6.49. The van der Waals surface area contributed by atoms with Crippen LogP contribution in [0.5, 0.6) is 0 Å². The van der Waals surface area contributed by atoms with Gasteiger partial charge in [-0.3, -0.25) is 0 Å². The highest BCUT2D eigenvalue weighted by Gasteiger charge is 2.55. The molecule has 0 N–H and O–H groups in total. The van der Waals surface area contributed by atoms with Crippen molar-refractivity contribution >= 4 is 5.69 Å². The molecule has 1 spiro atoms. The predicted octanol–water partition coefficient (Wildman–Crippen LogP) is 3.14. The first-order chi connectivity index (χ1) is 9.54. The van der Waals surface area contributed by atoms with Crippen LogP contribution in [0, 0.1) is 6.92 Å². The summed E-state index contributed by atoms with van der Waals surface area (Å²) in [5.41, 5.74) is 3.98. The molecule has 2 aromatic rings. The van der Waals surface area contributed by atoms with Crippen molar-refractivity contribution in [1.29, 1.82) is 0 Å². The van der Waals surface area contributed by atoms with Crippen molar-refractivity contribution in [2.24, 2.45) is 0 Å². The number of hydrogen-bond acceptors (Lipinski definition) is 3. The molecule has 0 amide bonds. The summed E-state index contributed by atoms with van der Waals surface area (Å²) in [4.78, 5) is 7.15. The quantitative estimate of drug-likeness (QED) is 0.796. The number of anilines is 1. The van der Waals surface area contributed by atoms with Gasteiger partial charge in [0.15, 0.2) is 5.82 Å². The fraction of sp³-hybridized carbons (Fsp3) is 0.500. The summed E-state index contributed by atoms with van der Waals surface area (Å²) in [6.07, 6.45) is 2.35. The minimum atomic E-state index is 0.0826. The standard InChI is InChI=1S/C16H20N4/c1-10(2)12-6-5-7-13-14(12)19(4)16(8-9-16)15-17-11(3)18-20(13)15/h5-7,10H,8-9H2,1-4H3. The zero-order valence-electron chi connectivity index (χ0n) is 12.5.